The molecule has 2 nitrogen and oxygen atoms in total. The van der Waals surface area contributed by atoms with Crippen LogP contribution in [-0.2, 0) is 0 Å². The molecule has 1 aromatic heterocycles. The Morgan fingerprint density at radius 2 is 2.29 bits per heavy atom. The SMILES string of the molecule is CCOc1cc2c(Br)ccc(N)c2s1. The highest BCUT2D eigenvalue weighted by Gasteiger charge is 2.07. The van der Waals surface area contributed by atoms with Gasteiger partial charge in [0.2, 0.25) is 0 Å². The number of nitrogens with two attached hydrogens (primary N) is 1. The van der Waals surface area contributed by atoms with Gasteiger partial charge in [0.1, 0.15) is 0 Å². The van der Waals surface area contributed by atoms with Gasteiger partial charge in [-0.3, -0.25) is 0 Å². The van der Waals surface area contributed by atoms with Gasteiger partial charge in [0.05, 0.1) is 11.3 Å². The van der Waals surface area contributed by atoms with Crippen LogP contribution >= 0.6 is 27.3 Å². The summed E-state index contributed by atoms with van der Waals surface area (Å²) in [5, 5.41) is 2.04. The fourth-order valence-electron chi connectivity index (χ4n) is 1.30. The van der Waals surface area contributed by atoms with Crippen LogP contribution in [0.4, 0.5) is 5.69 Å². The summed E-state index contributed by atoms with van der Waals surface area (Å²) in [6.45, 7) is 2.66. The standard InChI is InChI=1S/C10H10BrNOS/c1-2-13-9-5-6-7(11)3-4-8(12)10(6)14-9/h3-5H,2,12H2,1H3. The summed E-state index contributed by atoms with van der Waals surface area (Å²) in [6.07, 6.45) is 0. The molecule has 0 radical (unpaired) electrons. The average Bonchev–Trinajstić information content (AvgIpc) is 2.57. The van der Waals surface area contributed by atoms with Crippen molar-refractivity contribution in [1.82, 2.24) is 0 Å². The second kappa shape index (κ2) is 3.79. The van der Waals surface area contributed by atoms with Crippen molar-refractivity contribution in [2.45, 2.75) is 6.92 Å². The third kappa shape index (κ3) is 1.60. The summed E-state index contributed by atoms with van der Waals surface area (Å²) in [6, 6.07) is 5.88. The number of nitrogen functional groups attached to an aromatic ring is 1. The molecule has 1 heterocycles. The Bertz CT molecular complexity index is 427. The highest BCUT2D eigenvalue weighted by atomic mass is 79.9. The molecule has 0 atom stereocenters. The number of fused-ring (bicyclic) bond motifs is 1. The molecule has 14 heavy (non-hydrogen) atoms. The Morgan fingerprint density at radius 1 is 1.50 bits per heavy atom. The van der Waals surface area contributed by atoms with Gasteiger partial charge >= 0.3 is 0 Å². The zero-order chi connectivity index (χ0) is 10.1. The summed E-state index contributed by atoms with van der Waals surface area (Å²) in [7, 11) is 0. The minimum atomic E-state index is 0.685. The van der Waals surface area contributed by atoms with Crippen LogP contribution in [0, 0.1) is 0 Å². The first-order valence-corrected chi connectivity index (χ1v) is 5.93. The van der Waals surface area contributed by atoms with Crippen molar-refractivity contribution < 1.29 is 4.74 Å². The summed E-state index contributed by atoms with van der Waals surface area (Å²) >= 11 is 5.08. The van der Waals surface area contributed by atoms with Gasteiger partial charge in [0, 0.05) is 21.6 Å². The molecule has 0 saturated carbocycles. The lowest BCUT2D eigenvalue weighted by Gasteiger charge is -1.96. The number of rotatable bonds is 2. The molecule has 2 rings (SSSR count). The molecule has 0 saturated heterocycles. The van der Waals surface area contributed by atoms with E-state index in [4.69, 9.17) is 10.5 Å². The summed E-state index contributed by atoms with van der Waals surface area (Å²) in [4.78, 5) is 0. The maximum absolute atomic E-state index is 5.87. The van der Waals surface area contributed by atoms with Crippen LogP contribution in [0.3, 0.4) is 0 Å². The Morgan fingerprint density at radius 3 is 2.93 bits per heavy atom. The fourth-order valence-corrected chi connectivity index (χ4v) is 2.90. The molecule has 0 aliphatic heterocycles. The third-order valence-corrected chi connectivity index (χ3v) is 3.71. The van der Waals surface area contributed by atoms with E-state index < -0.39 is 0 Å². The molecule has 0 amide bonds. The van der Waals surface area contributed by atoms with E-state index in [1.807, 2.05) is 25.1 Å². The average molecular weight is 272 g/mol. The van der Waals surface area contributed by atoms with E-state index in [1.54, 1.807) is 11.3 Å². The second-order valence-electron chi connectivity index (χ2n) is 2.88. The maximum atomic E-state index is 5.87. The van der Waals surface area contributed by atoms with E-state index in [0.717, 1.165) is 25.3 Å². The zero-order valence-corrected chi connectivity index (χ0v) is 10.1. The Labute approximate surface area is 94.8 Å². The van der Waals surface area contributed by atoms with Gasteiger partial charge in [0.25, 0.3) is 0 Å². The largest absolute Gasteiger partial charge is 0.484 e. The van der Waals surface area contributed by atoms with Crippen LogP contribution in [0.15, 0.2) is 22.7 Å². The van der Waals surface area contributed by atoms with Gasteiger partial charge < -0.3 is 10.5 Å². The lowest BCUT2D eigenvalue weighted by atomic mass is 10.2. The third-order valence-electron chi connectivity index (χ3n) is 1.92. The number of hydrogen-bond donors (Lipinski definition) is 1. The lowest BCUT2D eigenvalue weighted by Crippen LogP contribution is -1.86. The molecular formula is C10H10BrNOS. The molecular weight excluding hydrogens is 262 g/mol. The molecule has 74 valence electrons. The minimum Gasteiger partial charge on any atom is -0.484 e. The normalized spacial score (nSPS) is 10.7. The first kappa shape index (κ1) is 9.80. The van der Waals surface area contributed by atoms with Crippen molar-refractivity contribution in [3.05, 3.63) is 22.7 Å². The van der Waals surface area contributed by atoms with Crippen molar-refractivity contribution in [2.24, 2.45) is 0 Å². The van der Waals surface area contributed by atoms with Gasteiger partial charge in [-0.15, -0.1) is 0 Å². The Kier molecular flexibility index (Phi) is 2.65. The number of thiophene rings is 1. The van der Waals surface area contributed by atoms with E-state index in [9.17, 15) is 0 Å². The van der Waals surface area contributed by atoms with Gasteiger partial charge in [-0.1, -0.05) is 27.3 Å². The first-order chi connectivity index (χ1) is 6.72. The van der Waals surface area contributed by atoms with Crippen LogP contribution in [0.5, 0.6) is 5.06 Å². The van der Waals surface area contributed by atoms with Crippen molar-refractivity contribution >= 4 is 43.0 Å². The van der Waals surface area contributed by atoms with Crippen molar-refractivity contribution in [2.75, 3.05) is 12.3 Å². The molecule has 0 fully saturated rings. The summed E-state index contributed by atoms with van der Waals surface area (Å²) in [5.41, 5.74) is 6.67. The lowest BCUT2D eigenvalue weighted by molar-refractivity contribution is 0.350. The van der Waals surface area contributed by atoms with Gasteiger partial charge in [-0.05, 0) is 19.1 Å². The van der Waals surface area contributed by atoms with E-state index in [0.29, 0.717) is 6.61 Å². The Hall–Kier alpha value is -0.740. The number of anilines is 1. The Balaban J connectivity index is 2.63. The monoisotopic (exact) mass is 271 g/mol. The highest BCUT2D eigenvalue weighted by Crippen LogP contribution is 2.39. The first-order valence-electron chi connectivity index (χ1n) is 4.32. The summed E-state index contributed by atoms with van der Waals surface area (Å²) < 4.78 is 7.59. The van der Waals surface area contributed by atoms with Crippen LogP contribution in [0.2, 0.25) is 0 Å². The van der Waals surface area contributed by atoms with Crippen molar-refractivity contribution in [3.63, 3.8) is 0 Å². The van der Waals surface area contributed by atoms with E-state index >= 15 is 0 Å². The van der Waals surface area contributed by atoms with Crippen LogP contribution < -0.4 is 10.5 Å². The number of halogens is 1. The molecule has 0 unspecified atom stereocenters. The smallest absolute Gasteiger partial charge is 0.175 e. The molecule has 2 aromatic rings. The molecule has 0 aliphatic rings. The maximum Gasteiger partial charge on any atom is 0.175 e. The van der Waals surface area contributed by atoms with Gasteiger partial charge in [-0.2, -0.15) is 0 Å². The van der Waals surface area contributed by atoms with E-state index in [-0.39, 0.29) is 0 Å². The molecule has 4 heteroatoms. The van der Waals surface area contributed by atoms with Crippen molar-refractivity contribution in [3.8, 4) is 5.06 Å². The molecule has 0 bridgehead atoms. The molecule has 2 N–H and O–H groups in total. The number of hydrogen-bond acceptors (Lipinski definition) is 3. The van der Waals surface area contributed by atoms with E-state index in [2.05, 4.69) is 15.9 Å². The number of ether oxygens (including phenoxy) is 1. The topological polar surface area (TPSA) is 35.2 Å². The van der Waals surface area contributed by atoms with Gasteiger partial charge in [-0.25, -0.2) is 0 Å². The van der Waals surface area contributed by atoms with E-state index in [1.165, 1.54) is 0 Å². The zero-order valence-electron chi connectivity index (χ0n) is 7.71. The quantitative estimate of drug-likeness (QED) is 0.847. The van der Waals surface area contributed by atoms with Crippen molar-refractivity contribution in [1.29, 1.82) is 0 Å². The molecule has 0 spiro atoms. The molecule has 0 aliphatic carbocycles. The predicted molar refractivity (Wildman–Crippen MR) is 65.1 cm³/mol. The van der Waals surface area contributed by atoms with Crippen LogP contribution in [0.1, 0.15) is 6.92 Å². The molecule has 1 aromatic carbocycles. The van der Waals surface area contributed by atoms with Crippen LogP contribution in [-0.4, -0.2) is 6.61 Å². The summed E-state index contributed by atoms with van der Waals surface area (Å²) in [5.74, 6) is 0. The second-order valence-corrected chi connectivity index (χ2v) is 4.75. The minimum absolute atomic E-state index is 0.685. The van der Waals surface area contributed by atoms with Gasteiger partial charge in [0.15, 0.2) is 5.06 Å². The van der Waals surface area contributed by atoms with Crippen LogP contribution in [0.25, 0.3) is 10.1 Å². The highest BCUT2D eigenvalue weighted by molar-refractivity contribution is 9.10. The number of benzene rings is 1. The fraction of sp³-hybridized carbons (Fsp3) is 0.200. The predicted octanol–water partition coefficient (Wildman–Crippen LogP) is 3.64.